The van der Waals surface area contributed by atoms with Crippen molar-refractivity contribution in [1.82, 2.24) is 0 Å². The summed E-state index contributed by atoms with van der Waals surface area (Å²) in [5, 5.41) is 3.10. The van der Waals surface area contributed by atoms with E-state index in [1.54, 1.807) is 21.6 Å². The predicted octanol–water partition coefficient (Wildman–Crippen LogP) is 8.80. The minimum atomic E-state index is -2.03. The van der Waals surface area contributed by atoms with Crippen LogP contribution in [0.3, 0.4) is 0 Å². The van der Waals surface area contributed by atoms with Crippen LogP contribution < -0.4 is 9.74 Å². The molecule has 1 N–H and O–H groups in total. The molecule has 0 saturated heterocycles. The predicted molar refractivity (Wildman–Crippen MR) is 154 cm³/mol. The fourth-order valence-electron chi connectivity index (χ4n) is 2.33. The number of allylic oxidation sites excluding steroid dienone is 2. The zero-order valence-electron chi connectivity index (χ0n) is 22.3. The van der Waals surface area contributed by atoms with Crippen molar-refractivity contribution in [3.05, 3.63) is 46.2 Å². The number of para-hydroxylation sites is 2. The molecule has 1 aliphatic heterocycles. The summed E-state index contributed by atoms with van der Waals surface area (Å²) >= 11 is 0. The number of carbonyl (C=O) groups is 1. The Labute approximate surface area is 216 Å². The molecule has 1 aromatic carbocycles. The first-order chi connectivity index (χ1) is 15.5. The maximum Gasteiger partial charge on any atom is 0.412 e. The fourth-order valence-corrected chi connectivity index (χ4v) is 6.36. The average molecular weight is 540 g/mol. The number of amides is 1. The maximum absolute atomic E-state index is 12.5. The summed E-state index contributed by atoms with van der Waals surface area (Å²) in [5.74, 6) is 0.683. The van der Waals surface area contributed by atoms with Crippen LogP contribution in [0.2, 0.25) is 36.3 Å². The highest BCUT2D eigenvalue weighted by molar-refractivity contribution is 8.79. The molecule has 0 unspecified atom stereocenters. The number of rotatable bonds is 8. The average Bonchev–Trinajstić information content (AvgIpc) is 2.71. The second-order valence-corrected chi connectivity index (χ2v) is 23.5. The van der Waals surface area contributed by atoms with E-state index in [4.69, 9.17) is 13.6 Å². The summed E-state index contributed by atoms with van der Waals surface area (Å²) in [6.07, 6.45) is 3.58. The molecule has 0 aliphatic carbocycles. The first-order valence-corrected chi connectivity index (χ1v) is 19.6. The summed E-state index contributed by atoms with van der Waals surface area (Å²) < 4.78 is 18.2. The smallest absolute Gasteiger partial charge is 0.412 e. The molecule has 0 bridgehead atoms. The Bertz CT molecular complexity index is 932. The molecule has 1 aromatic rings. The van der Waals surface area contributed by atoms with E-state index in [0.717, 1.165) is 4.91 Å². The molecule has 0 saturated carbocycles. The van der Waals surface area contributed by atoms with Crippen LogP contribution in [0, 0.1) is 0 Å². The van der Waals surface area contributed by atoms with Crippen molar-refractivity contribution in [3.63, 3.8) is 0 Å². The van der Waals surface area contributed by atoms with Gasteiger partial charge >= 0.3 is 6.09 Å². The van der Waals surface area contributed by atoms with Gasteiger partial charge in [-0.1, -0.05) is 75.3 Å². The van der Waals surface area contributed by atoms with Gasteiger partial charge in [-0.15, -0.1) is 0 Å². The third-order valence-electron chi connectivity index (χ3n) is 6.73. The molecular weight excluding hydrogens is 499 g/mol. The van der Waals surface area contributed by atoms with E-state index in [0.29, 0.717) is 18.0 Å². The van der Waals surface area contributed by atoms with Gasteiger partial charge in [-0.05, 0) is 60.5 Å². The Hall–Kier alpha value is -1.14. The van der Waals surface area contributed by atoms with Crippen molar-refractivity contribution in [3.8, 4) is 5.75 Å². The Morgan fingerprint density at radius 1 is 0.853 bits per heavy atom. The first kappa shape index (κ1) is 29.1. The lowest BCUT2D eigenvalue weighted by Crippen LogP contribution is -2.44. The monoisotopic (exact) mass is 539 g/mol. The van der Waals surface area contributed by atoms with Gasteiger partial charge < -0.3 is 13.6 Å². The van der Waals surface area contributed by atoms with Crippen molar-refractivity contribution in [1.29, 1.82) is 0 Å². The molecule has 0 aromatic heterocycles. The van der Waals surface area contributed by atoms with Crippen LogP contribution >= 0.6 is 21.6 Å². The molecule has 1 heterocycles. The topological polar surface area (TPSA) is 56.8 Å². The first-order valence-electron chi connectivity index (χ1n) is 11.6. The third-order valence-corrected chi connectivity index (χ3v) is 18.1. The van der Waals surface area contributed by atoms with Crippen molar-refractivity contribution < 1.29 is 18.4 Å². The lowest BCUT2D eigenvalue weighted by molar-refractivity contribution is 0.173. The van der Waals surface area contributed by atoms with Gasteiger partial charge in [0.05, 0.1) is 12.3 Å². The molecule has 0 fully saturated rings. The highest BCUT2D eigenvalue weighted by atomic mass is 33.1. The molecular formula is C25H41NO4S2Si2. The van der Waals surface area contributed by atoms with E-state index >= 15 is 0 Å². The number of hydrogen-bond donors (Lipinski definition) is 1. The normalized spacial score (nSPS) is 15.4. The minimum Gasteiger partial charge on any atom is -0.542 e. The highest BCUT2D eigenvalue weighted by Crippen LogP contribution is 2.43. The maximum atomic E-state index is 12.5. The molecule has 1 amide bonds. The van der Waals surface area contributed by atoms with Crippen LogP contribution in [0.25, 0.3) is 0 Å². The Morgan fingerprint density at radius 2 is 1.38 bits per heavy atom. The largest absolute Gasteiger partial charge is 0.542 e. The van der Waals surface area contributed by atoms with Gasteiger partial charge in [-0.2, -0.15) is 0 Å². The number of nitrogens with one attached hydrogen (secondary N) is 1. The Kier molecular flexibility index (Phi) is 9.66. The second-order valence-electron chi connectivity index (χ2n) is 11.5. The Morgan fingerprint density at radius 3 is 1.91 bits per heavy atom. The van der Waals surface area contributed by atoms with E-state index in [1.165, 1.54) is 4.91 Å². The van der Waals surface area contributed by atoms with E-state index in [1.807, 2.05) is 30.3 Å². The van der Waals surface area contributed by atoms with Crippen LogP contribution in [0.4, 0.5) is 10.5 Å². The third kappa shape index (κ3) is 8.22. The second kappa shape index (κ2) is 11.3. The van der Waals surface area contributed by atoms with Crippen LogP contribution in [-0.2, 0) is 9.16 Å². The van der Waals surface area contributed by atoms with Gasteiger partial charge in [0.15, 0.2) is 8.32 Å². The number of carbonyl (C=O) groups excluding carboxylic acids is 1. The zero-order valence-corrected chi connectivity index (χ0v) is 26.0. The van der Waals surface area contributed by atoms with Gasteiger partial charge in [0, 0.05) is 9.81 Å². The van der Waals surface area contributed by atoms with Gasteiger partial charge in [0.25, 0.3) is 8.32 Å². The van der Waals surface area contributed by atoms with Crippen molar-refractivity contribution in [2.75, 3.05) is 18.5 Å². The highest BCUT2D eigenvalue weighted by Gasteiger charge is 2.39. The minimum absolute atomic E-state index is 0.0606. The SMILES string of the molecule is CC(C)(C)[Si](C)(C)OCC1=CC=C(COC(=O)Nc2ccccc2O[Si](C)(C)C(C)(C)C)SS1. The molecule has 2 rings (SSSR count). The standard InChI is InChI=1S/C25H41NO4S2Si2/c1-24(2,3)33(7,8)29-18-20-16-15-19(31-32-20)17-28-23(27)26-21-13-11-12-14-22(21)30-34(9,10)25(4,5)6/h11-16H,17-18H2,1-10H3,(H,26,27). The van der Waals surface area contributed by atoms with Crippen LogP contribution in [0.15, 0.2) is 46.2 Å². The lowest BCUT2D eigenvalue weighted by atomic mass is 10.2. The van der Waals surface area contributed by atoms with E-state index in [-0.39, 0.29) is 16.7 Å². The quantitative estimate of drug-likeness (QED) is 0.263. The molecule has 190 valence electrons. The zero-order chi connectivity index (χ0) is 25.8. The van der Waals surface area contributed by atoms with Crippen molar-refractivity contribution >= 4 is 50.0 Å². The van der Waals surface area contributed by atoms with Crippen LogP contribution in [0.1, 0.15) is 41.5 Å². The molecule has 34 heavy (non-hydrogen) atoms. The van der Waals surface area contributed by atoms with Crippen molar-refractivity contribution in [2.45, 2.75) is 77.8 Å². The molecule has 9 heteroatoms. The van der Waals surface area contributed by atoms with Crippen molar-refractivity contribution in [2.24, 2.45) is 0 Å². The summed E-state index contributed by atoms with van der Waals surface area (Å²) in [7, 11) is -0.523. The number of ether oxygens (including phenoxy) is 1. The van der Waals surface area contributed by atoms with Crippen LogP contribution in [0.5, 0.6) is 5.75 Å². The van der Waals surface area contributed by atoms with Gasteiger partial charge in [0.2, 0.25) is 0 Å². The Balaban J connectivity index is 1.91. The number of anilines is 1. The summed E-state index contributed by atoms with van der Waals surface area (Å²) in [6.45, 7) is 23.1. The van der Waals surface area contributed by atoms with E-state index in [2.05, 4.69) is 79.1 Å². The molecule has 5 nitrogen and oxygen atoms in total. The fraction of sp³-hybridized carbons (Fsp3) is 0.560. The molecule has 0 spiro atoms. The van der Waals surface area contributed by atoms with Gasteiger partial charge in [-0.25, -0.2) is 4.79 Å². The van der Waals surface area contributed by atoms with Gasteiger partial charge in [-0.3, -0.25) is 5.32 Å². The summed E-state index contributed by atoms with van der Waals surface area (Å²) in [5.41, 5.74) is 0.627. The van der Waals surface area contributed by atoms with Crippen LogP contribution in [-0.4, -0.2) is 35.9 Å². The summed E-state index contributed by atoms with van der Waals surface area (Å²) in [6, 6.07) is 7.52. The number of hydrogen-bond acceptors (Lipinski definition) is 6. The van der Waals surface area contributed by atoms with E-state index < -0.39 is 22.7 Å². The van der Waals surface area contributed by atoms with Gasteiger partial charge in [0.1, 0.15) is 12.4 Å². The van der Waals surface area contributed by atoms with E-state index in [9.17, 15) is 4.79 Å². The lowest BCUT2D eigenvalue weighted by Gasteiger charge is -2.37. The number of benzene rings is 1. The molecule has 1 aliphatic rings. The molecule has 0 radical (unpaired) electrons. The summed E-state index contributed by atoms with van der Waals surface area (Å²) in [4.78, 5) is 14.7. The molecule has 0 atom stereocenters.